The fourth-order valence-corrected chi connectivity index (χ4v) is 2.45. The van der Waals surface area contributed by atoms with Gasteiger partial charge >= 0.3 is 0 Å². The van der Waals surface area contributed by atoms with E-state index in [0.717, 1.165) is 34.5 Å². The predicted molar refractivity (Wildman–Crippen MR) is 92.4 cm³/mol. The lowest BCUT2D eigenvalue weighted by atomic mass is 10.0. The largest absolute Gasteiger partial charge is 0.399 e. The molecule has 108 valence electrons. The van der Waals surface area contributed by atoms with E-state index >= 15 is 0 Å². The molecule has 3 heteroatoms. The molecule has 0 saturated heterocycles. The fraction of sp³-hybridized carbons (Fsp3) is 0.167. The van der Waals surface area contributed by atoms with Crippen LogP contribution in [0.15, 0.2) is 54.0 Å². The molecular weight excluding hydrogens is 280 g/mol. The Balaban J connectivity index is 2.60. The zero-order valence-corrected chi connectivity index (χ0v) is 13.1. The highest BCUT2D eigenvalue weighted by Gasteiger charge is 2.11. The Hall–Kier alpha value is -2.06. The summed E-state index contributed by atoms with van der Waals surface area (Å²) in [5.74, 6) is 0. The van der Waals surface area contributed by atoms with Crippen LogP contribution in [0.5, 0.6) is 0 Å². The van der Waals surface area contributed by atoms with E-state index < -0.39 is 0 Å². The second-order valence-corrected chi connectivity index (χ2v) is 5.34. The third kappa shape index (κ3) is 3.53. The Bertz CT molecular complexity index is 688. The molecule has 0 atom stereocenters. The van der Waals surface area contributed by atoms with Crippen LogP contribution in [0.4, 0.5) is 5.69 Å². The number of aliphatic imine (C=N–C) groups is 1. The Morgan fingerprint density at radius 3 is 2.48 bits per heavy atom. The second-order valence-electron chi connectivity index (χ2n) is 4.90. The smallest absolute Gasteiger partial charge is 0.0758 e. The standard InChI is InChI=1S/C18H19ClN2/c1-4-14-10-16(19)11-17(12(2)20)18(14)21-13(3)15-8-6-5-7-9-15/h5-11H,2,4,20H2,1,3H3. The summed E-state index contributed by atoms with van der Waals surface area (Å²) in [6, 6.07) is 13.8. The molecule has 0 aliphatic carbocycles. The molecular formula is C18H19ClN2. The maximum absolute atomic E-state index is 6.15. The van der Waals surface area contributed by atoms with Gasteiger partial charge < -0.3 is 5.73 Å². The molecule has 21 heavy (non-hydrogen) atoms. The van der Waals surface area contributed by atoms with Gasteiger partial charge in [0.15, 0.2) is 0 Å². The summed E-state index contributed by atoms with van der Waals surface area (Å²) < 4.78 is 0. The summed E-state index contributed by atoms with van der Waals surface area (Å²) in [5.41, 5.74) is 11.1. The molecule has 0 unspecified atom stereocenters. The molecule has 2 aromatic rings. The number of rotatable bonds is 4. The third-order valence-corrected chi connectivity index (χ3v) is 3.57. The summed E-state index contributed by atoms with van der Waals surface area (Å²) in [7, 11) is 0. The number of halogens is 1. The maximum Gasteiger partial charge on any atom is 0.0758 e. The van der Waals surface area contributed by atoms with Crippen molar-refractivity contribution in [3.05, 3.63) is 70.8 Å². The number of hydrogen-bond acceptors (Lipinski definition) is 2. The average molecular weight is 299 g/mol. The third-order valence-electron chi connectivity index (χ3n) is 3.35. The topological polar surface area (TPSA) is 38.4 Å². The van der Waals surface area contributed by atoms with Crippen LogP contribution in [0.3, 0.4) is 0 Å². The highest BCUT2D eigenvalue weighted by Crippen LogP contribution is 2.32. The molecule has 2 N–H and O–H groups in total. The van der Waals surface area contributed by atoms with Gasteiger partial charge in [-0.1, -0.05) is 55.4 Å². The number of benzene rings is 2. The lowest BCUT2D eigenvalue weighted by Crippen LogP contribution is -2.00. The molecule has 0 saturated carbocycles. The first-order valence-electron chi connectivity index (χ1n) is 6.90. The van der Waals surface area contributed by atoms with Crippen molar-refractivity contribution < 1.29 is 0 Å². The van der Waals surface area contributed by atoms with Gasteiger partial charge in [0.05, 0.1) is 5.69 Å². The first-order chi connectivity index (χ1) is 10.0. The van der Waals surface area contributed by atoms with Gasteiger partial charge in [-0.25, -0.2) is 0 Å². The number of hydrogen-bond donors (Lipinski definition) is 1. The molecule has 2 rings (SSSR count). The molecule has 0 aromatic heterocycles. The summed E-state index contributed by atoms with van der Waals surface area (Å²) in [6.45, 7) is 7.90. The first kappa shape index (κ1) is 15.3. The van der Waals surface area contributed by atoms with Crippen molar-refractivity contribution in [2.75, 3.05) is 0 Å². The van der Waals surface area contributed by atoms with Crippen LogP contribution >= 0.6 is 11.6 Å². The van der Waals surface area contributed by atoms with Gasteiger partial charge in [-0.05, 0) is 36.6 Å². The van der Waals surface area contributed by atoms with Crippen LogP contribution in [0.25, 0.3) is 5.70 Å². The summed E-state index contributed by atoms with van der Waals surface area (Å²) >= 11 is 6.15. The monoisotopic (exact) mass is 298 g/mol. The van der Waals surface area contributed by atoms with Gasteiger partial charge in [0, 0.05) is 22.0 Å². The Labute approximate surface area is 131 Å². The van der Waals surface area contributed by atoms with Gasteiger partial charge in [-0.2, -0.15) is 0 Å². The van der Waals surface area contributed by atoms with Crippen molar-refractivity contribution in [2.24, 2.45) is 10.7 Å². The SMILES string of the molecule is C=C(N)c1cc(Cl)cc(CC)c1N=C(C)c1ccccc1. The summed E-state index contributed by atoms with van der Waals surface area (Å²) in [5, 5.41) is 0.657. The van der Waals surface area contributed by atoms with Crippen molar-refractivity contribution in [1.29, 1.82) is 0 Å². The summed E-state index contributed by atoms with van der Waals surface area (Å²) in [4.78, 5) is 4.78. The number of aryl methyl sites for hydroxylation is 1. The average Bonchev–Trinajstić information content (AvgIpc) is 2.49. The highest BCUT2D eigenvalue weighted by atomic mass is 35.5. The molecule has 0 aliphatic heterocycles. The van der Waals surface area contributed by atoms with Crippen LogP contribution < -0.4 is 5.73 Å². The molecule has 2 aromatic carbocycles. The van der Waals surface area contributed by atoms with Gasteiger partial charge in [-0.3, -0.25) is 4.99 Å². The van der Waals surface area contributed by atoms with Gasteiger partial charge in [0.1, 0.15) is 0 Å². The zero-order valence-electron chi connectivity index (χ0n) is 12.4. The number of nitrogens with zero attached hydrogens (tertiary/aromatic N) is 1. The van der Waals surface area contributed by atoms with Crippen molar-refractivity contribution in [2.45, 2.75) is 20.3 Å². The van der Waals surface area contributed by atoms with Crippen molar-refractivity contribution in [3.63, 3.8) is 0 Å². The molecule has 0 fully saturated rings. The minimum atomic E-state index is 0.479. The first-order valence-corrected chi connectivity index (χ1v) is 7.28. The van der Waals surface area contributed by atoms with E-state index in [0.29, 0.717) is 10.7 Å². The highest BCUT2D eigenvalue weighted by molar-refractivity contribution is 6.31. The number of nitrogens with two attached hydrogens (primary N) is 1. The minimum absolute atomic E-state index is 0.479. The summed E-state index contributed by atoms with van der Waals surface area (Å²) in [6.07, 6.45) is 0.835. The Kier molecular flexibility index (Phi) is 4.81. The molecule has 0 radical (unpaired) electrons. The van der Waals surface area contributed by atoms with E-state index in [1.165, 1.54) is 0 Å². The van der Waals surface area contributed by atoms with Crippen LogP contribution in [0, 0.1) is 0 Å². The fourth-order valence-electron chi connectivity index (χ4n) is 2.21. The minimum Gasteiger partial charge on any atom is -0.399 e. The van der Waals surface area contributed by atoms with Crippen molar-refractivity contribution in [1.82, 2.24) is 0 Å². The van der Waals surface area contributed by atoms with Crippen LogP contribution in [-0.2, 0) is 6.42 Å². The van der Waals surface area contributed by atoms with Crippen molar-refractivity contribution in [3.8, 4) is 0 Å². The quantitative estimate of drug-likeness (QED) is 0.795. The molecule has 0 spiro atoms. The zero-order chi connectivity index (χ0) is 15.4. The second kappa shape index (κ2) is 6.59. The molecule has 0 heterocycles. The normalized spacial score (nSPS) is 11.5. The lowest BCUT2D eigenvalue weighted by Gasteiger charge is -2.12. The molecule has 2 nitrogen and oxygen atoms in total. The molecule has 0 aliphatic rings. The molecule has 0 amide bonds. The Morgan fingerprint density at radius 2 is 1.90 bits per heavy atom. The van der Waals surface area contributed by atoms with E-state index in [9.17, 15) is 0 Å². The van der Waals surface area contributed by atoms with Gasteiger partial charge in [-0.15, -0.1) is 0 Å². The predicted octanol–water partition coefficient (Wildman–Crippen LogP) is 4.97. The van der Waals surface area contributed by atoms with Crippen molar-refractivity contribution >= 4 is 28.7 Å². The van der Waals surface area contributed by atoms with Gasteiger partial charge in [0.2, 0.25) is 0 Å². The van der Waals surface area contributed by atoms with E-state index in [2.05, 4.69) is 13.5 Å². The van der Waals surface area contributed by atoms with E-state index in [-0.39, 0.29) is 0 Å². The van der Waals surface area contributed by atoms with E-state index in [1.807, 2.05) is 49.4 Å². The van der Waals surface area contributed by atoms with Crippen LogP contribution in [-0.4, -0.2) is 5.71 Å². The van der Waals surface area contributed by atoms with E-state index in [1.54, 1.807) is 0 Å². The molecule has 0 bridgehead atoms. The van der Waals surface area contributed by atoms with E-state index in [4.69, 9.17) is 22.3 Å². The van der Waals surface area contributed by atoms with Crippen LogP contribution in [0.2, 0.25) is 5.02 Å². The lowest BCUT2D eigenvalue weighted by molar-refractivity contribution is 1.13. The van der Waals surface area contributed by atoms with Crippen LogP contribution in [0.1, 0.15) is 30.5 Å². The van der Waals surface area contributed by atoms with Gasteiger partial charge in [0.25, 0.3) is 0 Å². The Morgan fingerprint density at radius 1 is 1.24 bits per heavy atom. The maximum atomic E-state index is 6.15.